The second-order valence-electron chi connectivity index (χ2n) is 5.53. The molecule has 2 aromatic carbocycles. The molecule has 2 amide bonds. The number of hydrogen-bond acceptors (Lipinski definition) is 3. The lowest BCUT2D eigenvalue weighted by atomic mass is 10.1. The van der Waals surface area contributed by atoms with Crippen LogP contribution in [-0.2, 0) is 4.79 Å². The van der Waals surface area contributed by atoms with Gasteiger partial charge in [-0.3, -0.25) is 9.59 Å². The third-order valence-electron chi connectivity index (χ3n) is 3.74. The number of carbonyl (C=O) groups excluding carboxylic acids is 2. The zero-order valence-electron chi connectivity index (χ0n) is 13.1. The Bertz CT molecular complexity index is 771. The third-order valence-corrected chi connectivity index (χ3v) is 3.74. The lowest BCUT2D eigenvalue weighted by Crippen LogP contribution is -2.36. The van der Waals surface area contributed by atoms with Crippen molar-refractivity contribution < 1.29 is 14.3 Å². The van der Waals surface area contributed by atoms with Gasteiger partial charge in [0, 0.05) is 18.2 Å². The Kier molecular flexibility index (Phi) is 4.02. The standard InChI is InChI=1S/C18H18N2O3/c1-12-4-3-5-14(10-12)18(22)19-15-6-7-17-16(11-15)20(13(2)21)8-9-23-17/h3-7,10-11H,8-9H2,1-2H3,(H,19,22). The molecule has 5 heteroatoms. The van der Waals surface area contributed by atoms with Crippen molar-refractivity contribution >= 4 is 23.2 Å². The number of fused-ring (bicyclic) bond motifs is 1. The highest BCUT2D eigenvalue weighted by molar-refractivity contribution is 6.05. The molecule has 3 rings (SSSR count). The van der Waals surface area contributed by atoms with Gasteiger partial charge in [0.05, 0.1) is 12.2 Å². The molecule has 0 atom stereocenters. The van der Waals surface area contributed by atoms with E-state index in [1.807, 2.05) is 25.1 Å². The Labute approximate surface area is 134 Å². The molecule has 0 fully saturated rings. The van der Waals surface area contributed by atoms with Crippen LogP contribution in [0.1, 0.15) is 22.8 Å². The van der Waals surface area contributed by atoms with Crippen molar-refractivity contribution in [3.63, 3.8) is 0 Å². The van der Waals surface area contributed by atoms with Crippen molar-refractivity contribution in [2.45, 2.75) is 13.8 Å². The Morgan fingerprint density at radius 1 is 1.17 bits per heavy atom. The molecule has 0 saturated heterocycles. The van der Waals surface area contributed by atoms with E-state index in [-0.39, 0.29) is 11.8 Å². The molecule has 1 aliphatic heterocycles. The predicted octanol–water partition coefficient (Wildman–Crippen LogP) is 2.99. The van der Waals surface area contributed by atoms with Gasteiger partial charge >= 0.3 is 0 Å². The van der Waals surface area contributed by atoms with E-state index in [9.17, 15) is 9.59 Å². The highest BCUT2D eigenvalue weighted by Crippen LogP contribution is 2.34. The molecule has 0 radical (unpaired) electrons. The maximum Gasteiger partial charge on any atom is 0.255 e. The molecule has 0 saturated carbocycles. The van der Waals surface area contributed by atoms with Gasteiger partial charge in [0.25, 0.3) is 5.91 Å². The summed E-state index contributed by atoms with van der Waals surface area (Å²) in [6.07, 6.45) is 0. The van der Waals surface area contributed by atoms with Gasteiger partial charge in [-0.1, -0.05) is 17.7 Å². The second kappa shape index (κ2) is 6.12. The van der Waals surface area contributed by atoms with Gasteiger partial charge in [0.15, 0.2) is 0 Å². The second-order valence-corrected chi connectivity index (χ2v) is 5.53. The van der Waals surface area contributed by atoms with Crippen LogP contribution in [0.15, 0.2) is 42.5 Å². The van der Waals surface area contributed by atoms with Gasteiger partial charge in [0.2, 0.25) is 5.91 Å². The molecule has 1 heterocycles. The van der Waals surface area contributed by atoms with E-state index in [2.05, 4.69) is 5.32 Å². The Balaban J connectivity index is 1.85. The van der Waals surface area contributed by atoms with E-state index in [0.29, 0.717) is 35.8 Å². The summed E-state index contributed by atoms with van der Waals surface area (Å²) in [5, 5.41) is 2.86. The van der Waals surface area contributed by atoms with E-state index in [4.69, 9.17) is 4.74 Å². The summed E-state index contributed by atoms with van der Waals surface area (Å²) in [7, 11) is 0. The van der Waals surface area contributed by atoms with Crippen LogP contribution in [0.5, 0.6) is 5.75 Å². The number of nitrogens with zero attached hydrogens (tertiary/aromatic N) is 1. The van der Waals surface area contributed by atoms with Crippen LogP contribution in [0.25, 0.3) is 0 Å². The number of aryl methyl sites for hydroxylation is 1. The van der Waals surface area contributed by atoms with Crippen LogP contribution in [0.4, 0.5) is 11.4 Å². The van der Waals surface area contributed by atoms with Crippen LogP contribution in [0.2, 0.25) is 0 Å². The van der Waals surface area contributed by atoms with E-state index >= 15 is 0 Å². The van der Waals surface area contributed by atoms with Crippen molar-refractivity contribution in [2.75, 3.05) is 23.4 Å². The van der Waals surface area contributed by atoms with E-state index in [1.165, 1.54) is 6.92 Å². The SMILES string of the molecule is CC(=O)N1CCOc2ccc(NC(=O)c3cccc(C)c3)cc21. The fraction of sp³-hybridized carbons (Fsp3) is 0.222. The Hall–Kier alpha value is -2.82. The number of anilines is 2. The number of amides is 2. The third kappa shape index (κ3) is 3.18. The molecule has 0 aliphatic carbocycles. The van der Waals surface area contributed by atoms with Crippen molar-refractivity contribution in [3.05, 3.63) is 53.6 Å². The normalized spacial score (nSPS) is 13.0. The summed E-state index contributed by atoms with van der Waals surface area (Å²) >= 11 is 0. The molecule has 23 heavy (non-hydrogen) atoms. The number of ether oxygens (including phenoxy) is 1. The first-order chi connectivity index (χ1) is 11.0. The molecule has 118 valence electrons. The maximum atomic E-state index is 12.3. The highest BCUT2D eigenvalue weighted by atomic mass is 16.5. The average molecular weight is 310 g/mol. The van der Waals surface area contributed by atoms with Crippen LogP contribution in [-0.4, -0.2) is 25.0 Å². The molecule has 1 aliphatic rings. The average Bonchev–Trinajstić information content (AvgIpc) is 2.54. The van der Waals surface area contributed by atoms with Gasteiger partial charge in [-0.25, -0.2) is 0 Å². The first-order valence-electron chi connectivity index (χ1n) is 7.47. The van der Waals surface area contributed by atoms with E-state index in [0.717, 1.165) is 5.56 Å². The van der Waals surface area contributed by atoms with Crippen molar-refractivity contribution in [1.29, 1.82) is 0 Å². The number of benzene rings is 2. The Morgan fingerprint density at radius 2 is 2.00 bits per heavy atom. The van der Waals surface area contributed by atoms with Gasteiger partial charge in [-0.2, -0.15) is 0 Å². The van der Waals surface area contributed by atoms with Gasteiger partial charge in [-0.15, -0.1) is 0 Å². The molecule has 0 spiro atoms. The smallest absolute Gasteiger partial charge is 0.255 e. The molecular formula is C18H18N2O3. The molecule has 2 aromatic rings. The summed E-state index contributed by atoms with van der Waals surface area (Å²) in [5.74, 6) is 0.427. The fourth-order valence-electron chi connectivity index (χ4n) is 2.61. The quantitative estimate of drug-likeness (QED) is 0.927. The summed E-state index contributed by atoms with van der Waals surface area (Å²) in [5.41, 5.74) is 2.94. The number of carbonyl (C=O) groups is 2. The summed E-state index contributed by atoms with van der Waals surface area (Å²) in [4.78, 5) is 25.7. The lowest BCUT2D eigenvalue weighted by Gasteiger charge is -2.29. The number of rotatable bonds is 2. The van der Waals surface area contributed by atoms with Crippen LogP contribution in [0.3, 0.4) is 0 Å². The monoisotopic (exact) mass is 310 g/mol. The number of nitrogens with one attached hydrogen (secondary N) is 1. The zero-order valence-corrected chi connectivity index (χ0v) is 13.1. The molecule has 0 unspecified atom stereocenters. The zero-order chi connectivity index (χ0) is 16.4. The van der Waals surface area contributed by atoms with Gasteiger partial charge in [-0.05, 0) is 37.3 Å². The predicted molar refractivity (Wildman–Crippen MR) is 89.1 cm³/mol. The van der Waals surface area contributed by atoms with Crippen molar-refractivity contribution in [3.8, 4) is 5.75 Å². The summed E-state index contributed by atoms with van der Waals surface area (Å²) < 4.78 is 5.56. The first kappa shape index (κ1) is 15.1. The van der Waals surface area contributed by atoms with Gasteiger partial charge < -0.3 is 15.0 Å². The van der Waals surface area contributed by atoms with E-state index in [1.54, 1.807) is 29.2 Å². The molecule has 0 bridgehead atoms. The molecular weight excluding hydrogens is 292 g/mol. The fourth-order valence-corrected chi connectivity index (χ4v) is 2.61. The van der Waals surface area contributed by atoms with Crippen LogP contribution in [0, 0.1) is 6.92 Å². The van der Waals surface area contributed by atoms with Crippen molar-refractivity contribution in [1.82, 2.24) is 0 Å². The van der Waals surface area contributed by atoms with Crippen LogP contribution >= 0.6 is 0 Å². The molecule has 0 aromatic heterocycles. The Morgan fingerprint density at radius 3 is 2.74 bits per heavy atom. The van der Waals surface area contributed by atoms with E-state index < -0.39 is 0 Å². The maximum absolute atomic E-state index is 12.3. The van der Waals surface area contributed by atoms with Crippen LogP contribution < -0.4 is 15.0 Å². The largest absolute Gasteiger partial charge is 0.490 e. The lowest BCUT2D eigenvalue weighted by molar-refractivity contribution is -0.116. The molecule has 1 N–H and O–H groups in total. The highest BCUT2D eigenvalue weighted by Gasteiger charge is 2.21. The number of hydrogen-bond donors (Lipinski definition) is 1. The topological polar surface area (TPSA) is 58.6 Å². The van der Waals surface area contributed by atoms with Gasteiger partial charge in [0.1, 0.15) is 12.4 Å². The summed E-state index contributed by atoms with van der Waals surface area (Å²) in [6, 6.07) is 12.7. The first-order valence-corrected chi connectivity index (χ1v) is 7.47. The molecule has 5 nitrogen and oxygen atoms in total. The van der Waals surface area contributed by atoms with Crippen molar-refractivity contribution in [2.24, 2.45) is 0 Å². The summed E-state index contributed by atoms with van der Waals surface area (Å²) in [6.45, 7) is 4.45. The minimum atomic E-state index is -0.181. The minimum Gasteiger partial charge on any atom is -0.490 e. The minimum absolute atomic E-state index is 0.0447.